The molecule has 0 fully saturated rings. The minimum Gasteiger partial charge on any atom is -0.355 e. The van der Waals surface area contributed by atoms with E-state index >= 15 is 0 Å². The van der Waals surface area contributed by atoms with Gasteiger partial charge in [-0.2, -0.15) is 4.98 Å². The first-order valence-corrected chi connectivity index (χ1v) is 6.88. The van der Waals surface area contributed by atoms with Crippen LogP contribution in [0, 0.1) is 6.92 Å². The fraction of sp³-hybridized carbons (Fsp3) is 0.400. The van der Waals surface area contributed by atoms with Gasteiger partial charge in [0.2, 0.25) is 5.95 Å². The van der Waals surface area contributed by atoms with Gasteiger partial charge in [0.05, 0.1) is 0 Å². The molecule has 0 aliphatic rings. The molecule has 2 aromatic heterocycles. The number of nitrogens with zero attached hydrogens (tertiary/aromatic N) is 4. The van der Waals surface area contributed by atoms with Crippen LogP contribution in [-0.2, 0) is 6.54 Å². The van der Waals surface area contributed by atoms with Crippen LogP contribution < -0.4 is 10.2 Å². The third kappa shape index (κ3) is 3.91. The molecule has 2 heterocycles. The van der Waals surface area contributed by atoms with Gasteiger partial charge in [0.1, 0.15) is 5.82 Å². The highest BCUT2D eigenvalue weighted by molar-refractivity contribution is 5.44. The summed E-state index contributed by atoms with van der Waals surface area (Å²) in [6.07, 6.45) is 4.71. The lowest BCUT2D eigenvalue weighted by molar-refractivity contribution is 0.874. The van der Waals surface area contributed by atoms with Crippen molar-refractivity contribution in [2.75, 3.05) is 23.8 Å². The van der Waals surface area contributed by atoms with E-state index in [1.165, 1.54) is 0 Å². The average Bonchev–Trinajstić information content (AvgIpc) is 2.45. The Morgan fingerprint density at radius 3 is 2.85 bits per heavy atom. The second kappa shape index (κ2) is 6.84. The van der Waals surface area contributed by atoms with Crippen LogP contribution in [0.15, 0.2) is 30.6 Å². The standard InChI is InChI=1S/C15H21N5/c1-4-7-17-15-18-12(2)9-14(19-15)20(3)11-13-6-5-8-16-10-13/h5-6,8-10H,4,7,11H2,1-3H3,(H,17,18,19). The number of pyridine rings is 1. The highest BCUT2D eigenvalue weighted by atomic mass is 15.2. The lowest BCUT2D eigenvalue weighted by Gasteiger charge is -2.19. The minimum atomic E-state index is 0.694. The van der Waals surface area contributed by atoms with Gasteiger partial charge >= 0.3 is 0 Å². The Labute approximate surface area is 120 Å². The third-order valence-electron chi connectivity index (χ3n) is 2.91. The van der Waals surface area contributed by atoms with Crippen LogP contribution in [0.3, 0.4) is 0 Å². The van der Waals surface area contributed by atoms with Crippen LogP contribution in [0.2, 0.25) is 0 Å². The van der Waals surface area contributed by atoms with E-state index in [0.29, 0.717) is 5.95 Å². The average molecular weight is 271 g/mol. The van der Waals surface area contributed by atoms with Gasteiger partial charge in [-0.05, 0) is 25.0 Å². The molecule has 20 heavy (non-hydrogen) atoms. The lowest BCUT2D eigenvalue weighted by Crippen LogP contribution is -2.19. The number of aryl methyl sites for hydroxylation is 1. The summed E-state index contributed by atoms with van der Waals surface area (Å²) in [4.78, 5) is 15.2. The van der Waals surface area contributed by atoms with Crippen molar-refractivity contribution in [3.63, 3.8) is 0 Å². The third-order valence-corrected chi connectivity index (χ3v) is 2.91. The maximum atomic E-state index is 4.55. The second-order valence-corrected chi connectivity index (χ2v) is 4.84. The van der Waals surface area contributed by atoms with Crippen LogP contribution in [0.4, 0.5) is 11.8 Å². The van der Waals surface area contributed by atoms with E-state index < -0.39 is 0 Å². The summed E-state index contributed by atoms with van der Waals surface area (Å²) in [6.45, 7) is 5.77. The van der Waals surface area contributed by atoms with Crippen molar-refractivity contribution in [1.29, 1.82) is 0 Å². The summed E-state index contributed by atoms with van der Waals surface area (Å²) in [5, 5.41) is 3.23. The fourth-order valence-corrected chi connectivity index (χ4v) is 1.91. The highest BCUT2D eigenvalue weighted by Gasteiger charge is 2.07. The summed E-state index contributed by atoms with van der Waals surface area (Å²) in [6, 6.07) is 6.00. The first-order chi connectivity index (χ1) is 9.69. The zero-order valence-corrected chi connectivity index (χ0v) is 12.3. The molecule has 106 valence electrons. The van der Waals surface area contributed by atoms with Crippen molar-refractivity contribution >= 4 is 11.8 Å². The number of anilines is 2. The first kappa shape index (κ1) is 14.2. The van der Waals surface area contributed by atoms with E-state index in [0.717, 1.165) is 36.6 Å². The predicted octanol–water partition coefficient (Wildman–Crippen LogP) is 2.64. The molecule has 0 spiro atoms. The van der Waals surface area contributed by atoms with Gasteiger partial charge in [-0.25, -0.2) is 4.98 Å². The molecule has 0 saturated carbocycles. The van der Waals surface area contributed by atoms with E-state index in [2.05, 4.69) is 38.2 Å². The molecular weight excluding hydrogens is 250 g/mol. The molecule has 0 aromatic carbocycles. The van der Waals surface area contributed by atoms with Crippen molar-refractivity contribution < 1.29 is 0 Å². The smallest absolute Gasteiger partial charge is 0.224 e. The molecule has 2 aromatic rings. The van der Waals surface area contributed by atoms with Crippen LogP contribution >= 0.6 is 0 Å². The Kier molecular flexibility index (Phi) is 4.87. The maximum absolute atomic E-state index is 4.55. The first-order valence-electron chi connectivity index (χ1n) is 6.88. The second-order valence-electron chi connectivity index (χ2n) is 4.84. The van der Waals surface area contributed by atoms with Crippen molar-refractivity contribution in [2.24, 2.45) is 0 Å². The van der Waals surface area contributed by atoms with Gasteiger partial charge in [0.15, 0.2) is 0 Å². The molecule has 0 aliphatic heterocycles. The number of hydrogen-bond donors (Lipinski definition) is 1. The molecule has 0 saturated heterocycles. The summed E-state index contributed by atoms with van der Waals surface area (Å²) in [7, 11) is 2.03. The van der Waals surface area contributed by atoms with E-state index in [4.69, 9.17) is 0 Å². The normalized spacial score (nSPS) is 10.3. The monoisotopic (exact) mass is 271 g/mol. The van der Waals surface area contributed by atoms with Crippen LogP contribution in [-0.4, -0.2) is 28.5 Å². The van der Waals surface area contributed by atoms with Crippen molar-refractivity contribution in [2.45, 2.75) is 26.8 Å². The molecule has 0 bridgehead atoms. The summed E-state index contributed by atoms with van der Waals surface area (Å²) >= 11 is 0. The molecule has 0 aliphatic carbocycles. The molecule has 0 atom stereocenters. The Bertz CT molecular complexity index is 541. The number of hydrogen-bond acceptors (Lipinski definition) is 5. The van der Waals surface area contributed by atoms with E-state index in [9.17, 15) is 0 Å². The Morgan fingerprint density at radius 2 is 2.15 bits per heavy atom. The minimum absolute atomic E-state index is 0.694. The lowest BCUT2D eigenvalue weighted by atomic mass is 10.2. The molecule has 5 heteroatoms. The molecule has 0 radical (unpaired) electrons. The maximum Gasteiger partial charge on any atom is 0.224 e. The topological polar surface area (TPSA) is 53.9 Å². The number of nitrogens with one attached hydrogen (secondary N) is 1. The van der Waals surface area contributed by atoms with Gasteiger partial charge < -0.3 is 10.2 Å². The quantitative estimate of drug-likeness (QED) is 0.875. The van der Waals surface area contributed by atoms with E-state index in [1.54, 1.807) is 6.20 Å². The van der Waals surface area contributed by atoms with Gasteiger partial charge in [-0.15, -0.1) is 0 Å². The molecular formula is C15H21N5. The SMILES string of the molecule is CCCNc1nc(C)cc(N(C)Cc2cccnc2)n1. The van der Waals surface area contributed by atoms with Crippen molar-refractivity contribution in [3.05, 3.63) is 41.9 Å². The van der Waals surface area contributed by atoms with E-state index in [1.807, 2.05) is 32.3 Å². The molecule has 1 N–H and O–H groups in total. The van der Waals surface area contributed by atoms with Gasteiger partial charge in [-0.3, -0.25) is 4.98 Å². The summed E-state index contributed by atoms with van der Waals surface area (Å²) < 4.78 is 0. The molecule has 0 amide bonds. The summed E-state index contributed by atoms with van der Waals surface area (Å²) in [5.41, 5.74) is 2.13. The fourth-order valence-electron chi connectivity index (χ4n) is 1.91. The summed E-state index contributed by atoms with van der Waals surface area (Å²) in [5.74, 6) is 1.61. The van der Waals surface area contributed by atoms with Crippen molar-refractivity contribution in [3.8, 4) is 0 Å². The van der Waals surface area contributed by atoms with Crippen molar-refractivity contribution in [1.82, 2.24) is 15.0 Å². The Hall–Kier alpha value is -2.17. The predicted molar refractivity (Wildman–Crippen MR) is 81.9 cm³/mol. The molecule has 0 unspecified atom stereocenters. The van der Waals surface area contributed by atoms with Gasteiger partial charge in [0.25, 0.3) is 0 Å². The highest BCUT2D eigenvalue weighted by Crippen LogP contribution is 2.15. The molecule has 5 nitrogen and oxygen atoms in total. The number of rotatable bonds is 6. The van der Waals surface area contributed by atoms with Crippen LogP contribution in [0.1, 0.15) is 24.6 Å². The van der Waals surface area contributed by atoms with Gasteiger partial charge in [-0.1, -0.05) is 13.0 Å². The molecule has 2 rings (SSSR count). The van der Waals surface area contributed by atoms with Gasteiger partial charge in [0, 0.05) is 44.3 Å². The zero-order chi connectivity index (χ0) is 14.4. The van der Waals surface area contributed by atoms with E-state index in [-0.39, 0.29) is 0 Å². The zero-order valence-electron chi connectivity index (χ0n) is 12.3. The number of aromatic nitrogens is 3. The van der Waals surface area contributed by atoms with Crippen LogP contribution in [0.25, 0.3) is 0 Å². The Balaban J connectivity index is 2.12. The van der Waals surface area contributed by atoms with Crippen LogP contribution in [0.5, 0.6) is 0 Å². The largest absolute Gasteiger partial charge is 0.355 e. The Morgan fingerprint density at radius 1 is 1.30 bits per heavy atom.